The van der Waals surface area contributed by atoms with Gasteiger partial charge in [-0.3, -0.25) is 9.59 Å². The second kappa shape index (κ2) is 10.3. The van der Waals surface area contributed by atoms with Crippen LogP contribution in [0.2, 0.25) is 0 Å². The molecule has 0 atom stereocenters. The topological polar surface area (TPSA) is 65.1 Å². The molecule has 1 aliphatic heterocycles. The number of esters is 1. The van der Waals surface area contributed by atoms with Crippen LogP contribution >= 0.6 is 0 Å². The first-order valence-corrected chi connectivity index (χ1v) is 9.79. The molecule has 0 bridgehead atoms. The van der Waals surface area contributed by atoms with Crippen LogP contribution in [0.4, 0.5) is 0 Å². The van der Waals surface area contributed by atoms with Crippen LogP contribution in [0.1, 0.15) is 56.5 Å². The SMILES string of the molecule is CCOC(=O)C1CCN(C(=O)c2ccc(OCC)c(COC(C)C)c2)CC1. The van der Waals surface area contributed by atoms with E-state index in [1.807, 2.05) is 39.8 Å². The maximum absolute atomic E-state index is 12.9. The number of hydrogen-bond acceptors (Lipinski definition) is 5. The Morgan fingerprint density at radius 3 is 2.44 bits per heavy atom. The number of amides is 1. The predicted molar refractivity (Wildman–Crippen MR) is 103 cm³/mol. The summed E-state index contributed by atoms with van der Waals surface area (Å²) in [7, 11) is 0. The van der Waals surface area contributed by atoms with Crippen LogP contribution < -0.4 is 4.74 Å². The number of benzene rings is 1. The summed E-state index contributed by atoms with van der Waals surface area (Å²) in [6, 6.07) is 5.48. The molecule has 150 valence electrons. The molecule has 1 heterocycles. The number of carbonyl (C=O) groups is 2. The number of carbonyl (C=O) groups excluding carboxylic acids is 2. The molecule has 0 N–H and O–H groups in total. The molecule has 6 heteroatoms. The smallest absolute Gasteiger partial charge is 0.309 e. The predicted octanol–water partition coefficient (Wildman–Crippen LogP) is 3.43. The van der Waals surface area contributed by atoms with Gasteiger partial charge < -0.3 is 19.1 Å². The molecule has 1 saturated heterocycles. The molecule has 1 aromatic carbocycles. The Labute approximate surface area is 161 Å². The average Bonchev–Trinajstić information content (AvgIpc) is 2.67. The van der Waals surface area contributed by atoms with E-state index in [1.54, 1.807) is 11.0 Å². The van der Waals surface area contributed by atoms with Crippen molar-refractivity contribution >= 4 is 11.9 Å². The molecule has 1 fully saturated rings. The normalized spacial score (nSPS) is 15.1. The third-order valence-electron chi connectivity index (χ3n) is 4.58. The summed E-state index contributed by atoms with van der Waals surface area (Å²) in [6.45, 7) is 10.2. The van der Waals surface area contributed by atoms with Crippen molar-refractivity contribution in [3.8, 4) is 5.75 Å². The fourth-order valence-electron chi connectivity index (χ4n) is 3.14. The Hall–Kier alpha value is -2.08. The minimum Gasteiger partial charge on any atom is -0.494 e. The maximum atomic E-state index is 12.9. The summed E-state index contributed by atoms with van der Waals surface area (Å²) in [4.78, 5) is 26.6. The number of nitrogens with zero attached hydrogens (tertiary/aromatic N) is 1. The zero-order valence-electron chi connectivity index (χ0n) is 16.8. The number of rotatable bonds is 8. The van der Waals surface area contributed by atoms with Crippen molar-refractivity contribution in [1.29, 1.82) is 0 Å². The average molecular weight is 377 g/mol. The fraction of sp³-hybridized carbons (Fsp3) is 0.619. The van der Waals surface area contributed by atoms with E-state index in [-0.39, 0.29) is 23.9 Å². The minimum absolute atomic E-state index is 0.0221. The molecule has 0 radical (unpaired) electrons. The summed E-state index contributed by atoms with van der Waals surface area (Å²) in [5.41, 5.74) is 1.49. The van der Waals surface area contributed by atoms with Crippen molar-refractivity contribution in [1.82, 2.24) is 4.90 Å². The van der Waals surface area contributed by atoms with Crippen LogP contribution in [0.15, 0.2) is 18.2 Å². The van der Waals surface area contributed by atoms with Gasteiger partial charge in [0.05, 0.1) is 31.8 Å². The minimum atomic E-state index is -0.154. The largest absolute Gasteiger partial charge is 0.494 e. The van der Waals surface area contributed by atoms with E-state index in [1.165, 1.54) is 0 Å². The number of hydrogen-bond donors (Lipinski definition) is 0. The van der Waals surface area contributed by atoms with Crippen molar-refractivity contribution in [3.05, 3.63) is 29.3 Å². The van der Waals surface area contributed by atoms with Gasteiger partial charge in [0, 0.05) is 24.2 Å². The lowest BCUT2D eigenvalue weighted by Gasteiger charge is -2.31. The van der Waals surface area contributed by atoms with Gasteiger partial charge in [0.25, 0.3) is 5.91 Å². The van der Waals surface area contributed by atoms with Crippen LogP contribution in [0.25, 0.3) is 0 Å². The van der Waals surface area contributed by atoms with Crippen LogP contribution in [0.3, 0.4) is 0 Å². The van der Waals surface area contributed by atoms with Gasteiger partial charge in [-0.2, -0.15) is 0 Å². The molecule has 27 heavy (non-hydrogen) atoms. The zero-order valence-corrected chi connectivity index (χ0v) is 16.8. The molecule has 0 aromatic heterocycles. The first kappa shape index (κ1) is 21.2. The van der Waals surface area contributed by atoms with Crippen LogP contribution in [0.5, 0.6) is 5.75 Å². The molecule has 0 unspecified atom stereocenters. The van der Waals surface area contributed by atoms with Gasteiger partial charge in [0.15, 0.2) is 0 Å². The van der Waals surface area contributed by atoms with E-state index < -0.39 is 0 Å². The summed E-state index contributed by atoms with van der Waals surface area (Å²) in [5.74, 6) is 0.463. The molecular formula is C21H31NO5. The van der Waals surface area contributed by atoms with Gasteiger partial charge in [0.1, 0.15) is 5.75 Å². The Morgan fingerprint density at radius 2 is 1.85 bits per heavy atom. The van der Waals surface area contributed by atoms with E-state index in [9.17, 15) is 9.59 Å². The number of piperidine rings is 1. The van der Waals surface area contributed by atoms with Crippen molar-refractivity contribution in [2.24, 2.45) is 5.92 Å². The second-order valence-electron chi connectivity index (χ2n) is 6.93. The highest BCUT2D eigenvalue weighted by molar-refractivity contribution is 5.94. The van der Waals surface area contributed by atoms with E-state index in [4.69, 9.17) is 14.2 Å². The van der Waals surface area contributed by atoms with Crippen LogP contribution in [-0.4, -0.2) is 49.2 Å². The number of likely N-dealkylation sites (tertiary alicyclic amines) is 1. The molecule has 0 saturated carbocycles. The molecule has 6 nitrogen and oxygen atoms in total. The van der Waals surface area contributed by atoms with Crippen LogP contribution in [0, 0.1) is 5.92 Å². The van der Waals surface area contributed by atoms with Gasteiger partial charge >= 0.3 is 5.97 Å². The summed E-state index contributed by atoms with van der Waals surface area (Å²) >= 11 is 0. The van der Waals surface area contributed by atoms with Gasteiger partial charge in [-0.05, 0) is 58.7 Å². The van der Waals surface area contributed by atoms with E-state index in [0.717, 1.165) is 11.3 Å². The Morgan fingerprint density at radius 1 is 1.15 bits per heavy atom. The van der Waals surface area contributed by atoms with E-state index >= 15 is 0 Å². The van der Waals surface area contributed by atoms with Gasteiger partial charge in [0.2, 0.25) is 0 Å². The molecule has 0 spiro atoms. The van der Waals surface area contributed by atoms with Gasteiger partial charge in [-0.15, -0.1) is 0 Å². The van der Waals surface area contributed by atoms with Gasteiger partial charge in [-0.1, -0.05) is 0 Å². The highest BCUT2D eigenvalue weighted by Crippen LogP contribution is 2.25. The molecular weight excluding hydrogens is 346 g/mol. The van der Waals surface area contributed by atoms with E-state index in [2.05, 4.69) is 0 Å². The molecule has 2 rings (SSSR count). The van der Waals surface area contributed by atoms with Crippen molar-refractivity contribution in [2.45, 2.75) is 53.2 Å². The lowest BCUT2D eigenvalue weighted by atomic mass is 9.96. The fourth-order valence-corrected chi connectivity index (χ4v) is 3.14. The third kappa shape index (κ3) is 5.96. The van der Waals surface area contributed by atoms with Crippen LogP contribution in [-0.2, 0) is 20.9 Å². The van der Waals surface area contributed by atoms with Gasteiger partial charge in [-0.25, -0.2) is 0 Å². The number of ether oxygens (including phenoxy) is 3. The second-order valence-corrected chi connectivity index (χ2v) is 6.93. The molecule has 1 aromatic rings. The van der Waals surface area contributed by atoms with E-state index in [0.29, 0.717) is 51.3 Å². The monoisotopic (exact) mass is 377 g/mol. The van der Waals surface area contributed by atoms with Crippen molar-refractivity contribution in [3.63, 3.8) is 0 Å². The Balaban J connectivity index is 2.05. The Bertz CT molecular complexity index is 635. The summed E-state index contributed by atoms with van der Waals surface area (Å²) in [5, 5.41) is 0. The highest BCUT2D eigenvalue weighted by atomic mass is 16.5. The first-order chi connectivity index (χ1) is 13.0. The third-order valence-corrected chi connectivity index (χ3v) is 4.58. The highest BCUT2D eigenvalue weighted by Gasteiger charge is 2.28. The standard InChI is InChI=1S/C21H31NO5/c1-5-25-19-8-7-17(13-18(19)14-27-15(3)4)20(23)22-11-9-16(10-12-22)21(24)26-6-2/h7-8,13,15-16H,5-6,9-12,14H2,1-4H3. The molecule has 1 amide bonds. The Kier molecular flexibility index (Phi) is 8.10. The quantitative estimate of drug-likeness (QED) is 0.650. The van der Waals surface area contributed by atoms with Crippen molar-refractivity contribution in [2.75, 3.05) is 26.3 Å². The zero-order chi connectivity index (χ0) is 19.8. The molecule has 1 aliphatic rings. The summed E-state index contributed by atoms with van der Waals surface area (Å²) in [6.07, 6.45) is 1.39. The lowest BCUT2D eigenvalue weighted by Crippen LogP contribution is -2.40. The lowest BCUT2D eigenvalue weighted by molar-refractivity contribution is -0.149. The first-order valence-electron chi connectivity index (χ1n) is 9.79. The maximum Gasteiger partial charge on any atom is 0.309 e. The van der Waals surface area contributed by atoms with Crippen molar-refractivity contribution < 1.29 is 23.8 Å². The summed E-state index contributed by atoms with van der Waals surface area (Å²) < 4.78 is 16.4. The molecule has 0 aliphatic carbocycles.